The van der Waals surface area contributed by atoms with E-state index in [1.807, 2.05) is 13.8 Å². The first-order valence-electron chi connectivity index (χ1n) is 5.84. The molecule has 0 amide bonds. The number of rotatable bonds is 6. The van der Waals surface area contributed by atoms with Gasteiger partial charge in [-0.25, -0.2) is 0 Å². The lowest BCUT2D eigenvalue weighted by atomic mass is 10.0. The van der Waals surface area contributed by atoms with Gasteiger partial charge >= 0.3 is 0 Å². The Labute approximate surface area is 118 Å². The van der Waals surface area contributed by atoms with Gasteiger partial charge in [0.15, 0.2) is 0 Å². The molecule has 1 aromatic carbocycles. The predicted molar refractivity (Wildman–Crippen MR) is 75.2 cm³/mol. The van der Waals surface area contributed by atoms with Crippen LogP contribution in [0.2, 0.25) is 10.0 Å². The van der Waals surface area contributed by atoms with Gasteiger partial charge in [0.1, 0.15) is 0 Å². The molecular weight excluding hydrogens is 273 g/mol. The summed E-state index contributed by atoms with van der Waals surface area (Å²) >= 11 is 11.9. The van der Waals surface area contributed by atoms with E-state index in [-0.39, 0.29) is 12.1 Å². The highest BCUT2D eigenvalue weighted by molar-refractivity contribution is 6.33. The molecular formula is C13H19Cl2NO2. The third-order valence-electron chi connectivity index (χ3n) is 2.83. The minimum atomic E-state index is -0.728. The van der Waals surface area contributed by atoms with E-state index in [1.54, 1.807) is 18.2 Å². The lowest BCUT2D eigenvalue weighted by Gasteiger charge is -2.27. The van der Waals surface area contributed by atoms with E-state index in [0.29, 0.717) is 28.6 Å². The van der Waals surface area contributed by atoms with Gasteiger partial charge in [0.25, 0.3) is 0 Å². The molecule has 0 bridgehead atoms. The molecule has 0 saturated carbocycles. The molecule has 0 fully saturated rings. The summed E-state index contributed by atoms with van der Waals surface area (Å²) in [5.74, 6) is 0. The van der Waals surface area contributed by atoms with Crippen LogP contribution in [0.4, 0.5) is 0 Å². The topological polar surface area (TPSA) is 52.5 Å². The van der Waals surface area contributed by atoms with E-state index in [2.05, 4.69) is 5.32 Å². The summed E-state index contributed by atoms with van der Waals surface area (Å²) < 4.78 is 0. The summed E-state index contributed by atoms with van der Waals surface area (Å²) in [6.45, 7) is 4.39. The number of hydrogen-bond donors (Lipinski definition) is 3. The van der Waals surface area contributed by atoms with Crippen LogP contribution in [0.3, 0.4) is 0 Å². The van der Waals surface area contributed by atoms with Crippen molar-refractivity contribution >= 4 is 23.2 Å². The van der Waals surface area contributed by atoms with Crippen molar-refractivity contribution < 1.29 is 10.2 Å². The fraction of sp³-hybridized carbons (Fsp3) is 0.538. The molecule has 0 heterocycles. The molecule has 3 nitrogen and oxygen atoms in total. The standard InChI is InChI=1S/C13H19Cl2NO2/c1-13(2,5-6-17)16-8-12(18)10-7-9(14)3-4-11(10)15/h3-4,7,12,16-18H,5-6,8H2,1-2H3. The molecule has 0 spiro atoms. The van der Waals surface area contributed by atoms with Crippen molar-refractivity contribution in [3.05, 3.63) is 33.8 Å². The van der Waals surface area contributed by atoms with E-state index in [4.69, 9.17) is 28.3 Å². The average molecular weight is 292 g/mol. The number of halogens is 2. The predicted octanol–water partition coefficient (Wildman–Crippen LogP) is 2.78. The van der Waals surface area contributed by atoms with Crippen LogP contribution < -0.4 is 5.32 Å². The number of benzene rings is 1. The number of aliphatic hydroxyl groups is 2. The highest BCUT2D eigenvalue weighted by Crippen LogP contribution is 2.26. The van der Waals surface area contributed by atoms with Crippen molar-refractivity contribution in [1.29, 1.82) is 0 Å². The van der Waals surface area contributed by atoms with Crippen molar-refractivity contribution in [2.24, 2.45) is 0 Å². The van der Waals surface area contributed by atoms with Crippen LogP contribution in [0.15, 0.2) is 18.2 Å². The van der Waals surface area contributed by atoms with Gasteiger partial charge in [-0.15, -0.1) is 0 Å². The first kappa shape index (κ1) is 15.7. The highest BCUT2D eigenvalue weighted by Gasteiger charge is 2.19. The Morgan fingerprint density at radius 2 is 2.00 bits per heavy atom. The van der Waals surface area contributed by atoms with Gasteiger partial charge in [0, 0.05) is 34.3 Å². The van der Waals surface area contributed by atoms with Crippen LogP contribution in [-0.2, 0) is 0 Å². The van der Waals surface area contributed by atoms with Gasteiger partial charge < -0.3 is 15.5 Å². The highest BCUT2D eigenvalue weighted by atomic mass is 35.5. The normalized spacial score (nSPS) is 13.7. The van der Waals surface area contributed by atoms with Crippen LogP contribution in [0.25, 0.3) is 0 Å². The van der Waals surface area contributed by atoms with Gasteiger partial charge in [-0.1, -0.05) is 23.2 Å². The smallest absolute Gasteiger partial charge is 0.0929 e. The van der Waals surface area contributed by atoms with Crippen LogP contribution in [-0.4, -0.2) is 28.9 Å². The summed E-state index contributed by atoms with van der Waals surface area (Å²) in [5, 5.41) is 23.2. The van der Waals surface area contributed by atoms with E-state index in [9.17, 15) is 5.11 Å². The molecule has 1 aromatic rings. The van der Waals surface area contributed by atoms with E-state index in [0.717, 1.165) is 0 Å². The number of nitrogens with one attached hydrogen (secondary N) is 1. The minimum Gasteiger partial charge on any atom is -0.396 e. The van der Waals surface area contributed by atoms with Crippen LogP contribution in [0.1, 0.15) is 31.9 Å². The van der Waals surface area contributed by atoms with Crippen molar-refractivity contribution in [2.75, 3.05) is 13.2 Å². The summed E-state index contributed by atoms with van der Waals surface area (Å²) in [6.07, 6.45) is -0.114. The van der Waals surface area contributed by atoms with E-state index >= 15 is 0 Å². The maximum atomic E-state index is 10.1. The summed E-state index contributed by atoms with van der Waals surface area (Å²) in [5.41, 5.74) is 0.373. The monoisotopic (exact) mass is 291 g/mol. The molecule has 1 atom stereocenters. The fourth-order valence-corrected chi connectivity index (χ4v) is 2.04. The summed E-state index contributed by atoms with van der Waals surface area (Å²) in [7, 11) is 0. The lowest BCUT2D eigenvalue weighted by Crippen LogP contribution is -2.42. The van der Waals surface area contributed by atoms with Crippen molar-refractivity contribution in [1.82, 2.24) is 5.32 Å². The summed E-state index contributed by atoms with van der Waals surface area (Å²) in [6, 6.07) is 5.01. The Kier molecular flexibility index (Phi) is 5.89. The van der Waals surface area contributed by atoms with Crippen LogP contribution >= 0.6 is 23.2 Å². The van der Waals surface area contributed by atoms with Gasteiger partial charge in [0.05, 0.1) is 6.10 Å². The minimum absolute atomic E-state index is 0.105. The largest absolute Gasteiger partial charge is 0.396 e. The molecule has 0 saturated heterocycles. The number of β-amino-alcohol motifs (C(OH)–C–C–N with tert-alkyl or cyclic N) is 1. The van der Waals surface area contributed by atoms with Gasteiger partial charge in [0.2, 0.25) is 0 Å². The Hall–Kier alpha value is -0.320. The first-order chi connectivity index (χ1) is 8.35. The zero-order chi connectivity index (χ0) is 13.8. The van der Waals surface area contributed by atoms with Crippen molar-refractivity contribution in [3.63, 3.8) is 0 Å². The quantitative estimate of drug-likeness (QED) is 0.755. The number of hydrogen-bond acceptors (Lipinski definition) is 3. The lowest BCUT2D eigenvalue weighted by molar-refractivity contribution is 0.151. The molecule has 0 aliphatic carbocycles. The Morgan fingerprint density at radius 3 is 2.61 bits per heavy atom. The third-order valence-corrected chi connectivity index (χ3v) is 3.41. The van der Waals surface area contributed by atoms with Gasteiger partial charge in [-0.2, -0.15) is 0 Å². The first-order valence-corrected chi connectivity index (χ1v) is 6.60. The zero-order valence-electron chi connectivity index (χ0n) is 10.6. The Morgan fingerprint density at radius 1 is 1.33 bits per heavy atom. The second-order valence-electron chi connectivity index (χ2n) is 4.92. The zero-order valence-corrected chi connectivity index (χ0v) is 12.1. The van der Waals surface area contributed by atoms with Crippen LogP contribution in [0, 0.1) is 0 Å². The van der Waals surface area contributed by atoms with Crippen LogP contribution in [0.5, 0.6) is 0 Å². The van der Waals surface area contributed by atoms with Gasteiger partial charge in [-0.05, 0) is 38.5 Å². The Bertz CT molecular complexity index is 397. The molecule has 102 valence electrons. The molecule has 0 aliphatic heterocycles. The number of aliphatic hydroxyl groups excluding tert-OH is 2. The van der Waals surface area contributed by atoms with E-state index < -0.39 is 6.10 Å². The molecule has 0 aliphatic rings. The molecule has 3 N–H and O–H groups in total. The molecule has 1 rings (SSSR count). The van der Waals surface area contributed by atoms with Crippen molar-refractivity contribution in [3.8, 4) is 0 Å². The van der Waals surface area contributed by atoms with E-state index in [1.165, 1.54) is 0 Å². The SMILES string of the molecule is CC(C)(CCO)NCC(O)c1cc(Cl)ccc1Cl. The molecule has 0 aromatic heterocycles. The summed E-state index contributed by atoms with van der Waals surface area (Å²) in [4.78, 5) is 0. The fourth-order valence-electron chi connectivity index (χ4n) is 1.62. The van der Waals surface area contributed by atoms with Crippen molar-refractivity contribution in [2.45, 2.75) is 31.9 Å². The third kappa shape index (κ3) is 4.75. The van der Waals surface area contributed by atoms with Gasteiger partial charge in [-0.3, -0.25) is 0 Å². The second-order valence-corrected chi connectivity index (χ2v) is 5.76. The molecule has 0 radical (unpaired) electrons. The Balaban J connectivity index is 2.65. The average Bonchev–Trinajstić information content (AvgIpc) is 2.29. The molecule has 5 heteroatoms. The second kappa shape index (κ2) is 6.73. The maximum absolute atomic E-state index is 10.1. The molecule has 18 heavy (non-hydrogen) atoms. The molecule has 1 unspecified atom stereocenters. The maximum Gasteiger partial charge on any atom is 0.0929 e.